The van der Waals surface area contributed by atoms with Gasteiger partial charge in [0.05, 0.1) is 6.10 Å². The van der Waals surface area contributed by atoms with E-state index in [0.717, 1.165) is 25.9 Å². The van der Waals surface area contributed by atoms with Crippen molar-refractivity contribution in [3.05, 3.63) is 29.3 Å². The predicted octanol–water partition coefficient (Wildman–Crippen LogP) is 2.16. The summed E-state index contributed by atoms with van der Waals surface area (Å²) in [6.45, 7) is 6.37. The Morgan fingerprint density at radius 2 is 1.94 bits per heavy atom. The van der Waals surface area contributed by atoms with Gasteiger partial charge in [0.15, 0.2) is 0 Å². The van der Waals surface area contributed by atoms with Crippen molar-refractivity contribution >= 4 is 5.69 Å². The maximum Gasteiger partial charge on any atom is 0.0821 e. The highest BCUT2D eigenvalue weighted by Crippen LogP contribution is 2.25. The average molecular weight is 220 g/mol. The molecule has 1 saturated heterocycles. The monoisotopic (exact) mass is 220 g/mol. The van der Waals surface area contributed by atoms with E-state index < -0.39 is 0 Å². The summed E-state index contributed by atoms with van der Waals surface area (Å²) < 4.78 is 0. The smallest absolute Gasteiger partial charge is 0.0821 e. The largest absolute Gasteiger partial charge is 0.371 e. The van der Waals surface area contributed by atoms with Gasteiger partial charge in [0.2, 0.25) is 0 Å². The van der Waals surface area contributed by atoms with Crippen molar-refractivity contribution in [2.45, 2.75) is 32.8 Å². The molecule has 1 heterocycles. The number of nitrogens with two attached hydrogens (primary N) is 1. The standard InChI is InChI=1S/C13H20N2O/c1-10-3-4-11(2)13(9-10)15-7-5-12(16-14)6-8-15/h3-4,9,12H,5-8,14H2,1-2H3. The molecule has 1 fully saturated rings. The number of anilines is 1. The molecule has 3 heteroatoms. The van der Waals surface area contributed by atoms with Crippen LogP contribution in [0.2, 0.25) is 0 Å². The molecule has 1 aliphatic heterocycles. The molecule has 0 bridgehead atoms. The topological polar surface area (TPSA) is 38.5 Å². The van der Waals surface area contributed by atoms with E-state index in [1.54, 1.807) is 0 Å². The molecule has 0 aromatic heterocycles. The maximum absolute atomic E-state index is 5.22. The fraction of sp³-hybridized carbons (Fsp3) is 0.538. The number of rotatable bonds is 2. The number of aryl methyl sites for hydroxylation is 2. The van der Waals surface area contributed by atoms with E-state index in [0.29, 0.717) is 0 Å². The molecule has 0 spiro atoms. The highest BCUT2D eigenvalue weighted by molar-refractivity contribution is 5.55. The van der Waals surface area contributed by atoms with Gasteiger partial charge in [-0.15, -0.1) is 0 Å². The Kier molecular flexibility index (Phi) is 3.46. The van der Waals surface area contributed by atoms with Gasteiger partial charge >= 0.3 is 0 Å². The molecule has 16 heavy (non-hydrogen) atoms. The minimum Gasteiger partial charge on any atom is -0.371 e. The van der Waals surface area contributed by atoms with Crippen LogP contribution in [0.15, 0.2) is 18.2 Å². The van der Waals surface area contributed by atoms with Gasteiger partial charge in [-0.2, -0.15) is 0 Å². The summed E-state index contributed by atoms with van der Waals surface area (Å²) in [5.74, 6) is 5.22. The van der Waals surface area contributed by atoms with Gasteiger partial charge in [0, 0.05) is 18.8 Å². The van der Waals surface area contributed by atoms with E-state index in [2.05, 4.69) is 36.9 Å². The fourth-order valence-electron chi connectivity index (χ4n) is 2.29. The van der Waals surface area contributed by atoms with Gasteiger partial charge in [0.1, 0.15) is 0 Å². The second kappa shape index (κ2) is 4.85. The molecule has 0 atom stereocenters. The lowest BCUT2D eigenvalue weighted by atomic mass is 10.0. The molecule has 0 amide bonds. The average Bonchev–Trinajstić information content (AvgIpc) is 2.32. The summed E-state index contributed by atoms with van der Waals surface area (Å²) in [5.41, 5.74) is 4.02. The molecule has 88 valence electrons. The van der Waals surface area contributed by atoms with Crippen molar-refractivity contribution in [1.29, 1.82) is 0 Å². The first-order chi connectivity index (χ1) is 7.70. The maximum atomic E-state index is 5.22. The van der Waals surface area contributed by atoms with Gasteiger partial charge in [-0.1, -0.05) is 12.1 Å². The van der Waals surface area contributed by atoms with Gasteiger partial charge < -0.3 is 9.74 Å². The van der Waals surface area contributed by atoms with Gasteiger partial charge in [-0.25, -0.2) is 5.90 Å². The Labute approximate surface area is 97.1 Å². The number of hydrogen-bond acceptors (Lipinski definition) is 3. The van der Waals surface area contributed by atoms with Crippen LogP contribution in [0, 0.1) is 13.8 Å². The zero-order valence-electron chi connectivity index (χ0n) is 10.1. The summed E-state index contributed by atoms with van der Waals surface area (Å²) in [5, 5.41) is 0. The van der Waals surface area contributed by atoms with E-state index in [1.165, 1.54) is 16.8 Å². The first kappa shape index (κ1) is 11.4. The third kappa shape index (κ3) is 2.36. The lowest BCUT2D eigenvalue weighted by molar-refractivity contribution is 0.0367. The van der Waals surface area contributed by atoms with Gasteiger partial charge in [-0.05, 0) is 43.9 Å². The number of nitrogens with zero attached hydrogens (tertiary/aromatic N) is 1. The minimum absolute atomic E-state index is 0.237. The highest BCUT2D eigenvalue weighted by Gasteiger charge is 2.20. The van der Waals surface area contributed by atoms with Crippen molar-refractivity contribution < 1.29 is 4.84 Å². The molecule has 2 rings (SSSR count). The predicted molar refractivity (Wildman–Crippen MR) is 66.4 cm³/mol. The van der Waals surface area contributed by atoms with Gasteiger partial charge in [0.25, 0.3) is 0 Å². The third-order valence-corrected chi connectivity index (χ3v) is 3.34. The quantitative estimate of drug-likeness (QED) is 0.776. The molecular formula is C13H20N2O. The van der Waals surface area contributed by atoms with E-state index >= 15 is 0 Å². The second-order valence-corrected chi connectivity index (χ2v) is 4.61. The van der Waals surface area contributed by atoms with Crippen molar-refractivity contribution in [3.8, 4) is 0 Å². The van der Waals surface area contributed by atoms with E-state index in [4.69, 9.17) is 10.7 Å². The Hall–Kier alpha value is -1.06. The Balaban J connectivity index is 2.10. The molecule has 0 radical (unpaired) electrons. The highest BCUT2D eigenvalue weighted by atomic mass is 16.6. The van der Waals surface area contributed by atoms with Crippen LogP contribution in [-0.2, 0) is 4.84 Å². The van der Waals surface area contributed by atoms with Crippen LogP contribution in [0.1, 0.15) is 24.0 Å². The molecule has 1 aliphatic rings. The zero-order valence-corrected chi connectivity index (χ0v) is 10.1. The molecule has 1 aromatic rings. The van der Waals surface area contributed by atoms with E-state index in [-0.39, 0.29) is 6.10 Å². The minimum atomic E-state index is 0.237. The summed E-state index contributed by atoms with van der Waals surface area (Å²) in [7, 11) is 0. The van der Waals surface area contributed by atoms with E-state index in [1.807, 2.05) is 0 Å². The number of hydrogen-bond donors (Lipinski definition) is 1. The summed E-state index contributed by atoms with van der Waals surface area (Å²) in [4.78, 5) is 7.33. The number of benzene rings is 1. The lowest BCUT2D eigenvalue weighted by Gasteiger charge is -2.33. The van der Waals surface area contributed by atoms with Crippen molar-refractivity contribution in [3.63, 3.8) is 0 Å². The van der Waals surface area contributed by atoms with Crippen LogP contribution >= 0.6 is 0 Å². The fourth-order valence-corrected chi connectivity index (χ4v) is 2.29. The number of piperidine rings is 1. The third-order valence-electron chi connectivity index (χ3n) is 3.34. The van der Waals surface area contributed by atoms with Crippen LogP contribution in [-0.4, -0.2) is 19.2 Å². The van der Waals surface area contributed by atoms with Gasteiger partial charge in [-0.3, -0.25) is 0 Å². The molecule has 2 N–H and O–H groups in total. The normalized spacial score (nSPS) is 17.8. The zero-order chi connectivity index (χ0) is 11.5. The molecule has 3 nitrogen and oxygen atoms in total. The van der Waals surface area contributed by atoms with Crippen LogP contribution in [0.3, 0.4) is 0 Å². The van der Waals surface area contributed by atoms with Crippen LogP contribution in [0.5, 0.6) is 0 Å². The molecule has 0 unspecified atom stereocenters. The van der Waals surface area contributed by atoms with Crippen LogP contribution < -0.4 is 10.8 Å². The lowest BCUT2D eigenvalue weighted by Crippen LogP contribution is -2.38. The molecule has 0 aliphatic carbocycles. The Morgan fingerprint density at radius 3 is 2.56 bits per heavy atom. The van der Waals surface area contributed by atoms with Crippen molar-refractivity contribution in [2.24, 2.45) is 5.90 Å². The van der Waals surface area contributed by atoms with Crippen LogP contribution in [0.4, 0.5) is 5.69 Å². The molecule has 0 saturated carbocycles. The van der Waals surface area contributed by atoms with Crippen molar-refractivity contribution in [2.75, 3.05) is 18.0 Å². The first-order valence-electron chi connectivity index (χ1n) is 5.88. The summed E-state index contributed by atoms with van der Waals surface area (Å²) >= 11 is 0. The first-order valence-corrected chi connectivity index (χ1v) is 5.88. The summed E-state index contributed by atoms with van der Waals surface area (Å²) in [6, 6.07) is 6.61. The Bertz CT molecular complexity index is 357. The SMILES string of the molecule is Cc1ccc(C)c(N2CCC(ON)CC2)c1. The summed E-state index contributed by atoms with van der Waals surface area (Å²) in [6.07, 6.45) is 2.27. The Morgan fingerprint density at radius 1 is 1.25 bits per heavy atom. The molecular weight excluding hydrogens is 200 g/mol. The van der Waals surface area contributed by atoms with Crippen molar-refractivity contribution in [1.82, 2.24) is 0 Å². The second-order valence-electron chi connectivity index (χ2n) is 4.61. The molecule has 1 aromatic carbocycles. The van der Waals surface area contributed by atoms with E-state index in [9.17, 15) is 0 Å². The van der Waals surface area contributed by atoms with Crippen LogP contribution in [0.25, 0.3) is 0 Å².